The Bertz CT molecular complexity index is 1560. The molecule has 0 saturated heterocycles. The van der Waals surface area contributed by atoms with Crippen molar-refractivity contribution in [2.75, 3.05) is 0 Å². The molecule has 11 nitrogen and oxygen atoms in total. The van der Waals surface area contributed by atoms with Crippen molar-refractivity contribution in [2.45, 2.75) is 72.2 Å². The maximum Gasteiger partial charge on any atom is 0.414 e. The predicted molar refractivity (Wildman–Crippen MR) is 168 cm³/mol. The molecular formula is C34H37F2N3O8. The number of nitrogens with one attached hydrogen (secondary N) is 2. The monoisotopic (exact) mass is 653 g/mol. The quantitative estimate of drug-likeness (QED) is 0.0880. The van der Waals surface area contributed by atoms with Crippen LogP contribution < -0.4 is 15.4 Å². The number of hydrogen-bond donors (Lipinski definition) is 2. The third-order valence-electron chi connectivity index (χ3n) is 5.73. The molecule has 0 bridgehead atoms. The van der Waals surface area contributed by atoms with Crippen molar-refractivity contribution in [1.29, 1.82) is 0 Å². The van der Waals surface area contributed by atoms with E-state index < -0.39 is 47.0 Å². The highest BCUT2D eigenvalue weighted by molar-refractivity contribution is 6.02. The van der Waals surface area contributed by atoms with Crippen molar-refractivity contribution in [1.82, 2.24) is 10.6 Å². The number of esters is 2. The molecule has 0 aromatic heterocycles. The second kappa shape index (κ2) is 15.8. The Hall–Kier alpha value is -5.33. The zero-order chi connectivity index (χ0) is 34.8. The summed E-state index contributed by atoms with van der Waals surface area (Å²) < 4.78 is 50.2. The van der Waals surface area contributed by atoms with Crippen LogP contribution in [-0.4, -0.2) is 41.3 Å². The average Bonchev–Trinajstić information content (AvgIpc) is 2.94. The molecule has 0 heterocycles. The van der Waals surface area contributed by atoms with Gasteiger partial charge < -0.3 is 18.9 Å². The number of benzene rings is 3. The molecule has 250 valence electrons. The maximum absolute atomic E-state index is 14.7. The lowest BCUT2D eigenvalue weighted by atomic mass is 10.1. The van der Waals surface area contributed by atoms with E-state index in [1.165, 1.54) is 24.3 Å². The minimum absolute atomic E-state index is 0.0109. The summed E-state index contributed by atoms with van der Waals surface area (Å²) in [5.74, 6) is -4.21. The van der Waals surface area contributed by atoms with Gasteiger partial charge >= 0.3 is 24.1 Å². The molecule has 3 aromatic rings. The van der Waals surface area contributed by atoms with Crippen LogP contribution in [0.15, 0.2) is 71.7 Å². The van der Waals surface area contributed by atoms with Gasteiger partial charge in [-0.3, -0.25) is 15.4 Å². The standard InChI is InChI=1S/C34H37F2N3O8/c1-33(2,3)46-31(42)38-30(39-32(43)47-34(4,5)6)37-23-14-12-22(13-15-23)29(41)45-24-18-26(35)25(27(36)19-24)16-17-28(40)44-20-21-10-8-7-9-11-21/h7-15,18-19H,16-17,20H2,1-6H3,(H2,37,38,39,42,43). The lowest BCUT2D eigenvalue weighted by Gasteiger charge is -2.22. The van der Waals surface area contributed by atoms with Crippen molar-refractivity contribution in [3.8, 4) is 5.75 Å². The summed E-state index contributed by atoms with van der Waals surface area (Å²) in [7, 11) is 0. The second-order valence-electron chi connectivity index (χ2n) is 12.2. The van der Waals surface area contributed by atoms with E-state index in [1.807, 2.05) is 6.07 Å². The number of halogens is 2. The molecule has 0 fully saturated rings. The smallest absolute Gasteiger partial charge is 0.414 e. The highest BCUT2D eigenvalue weighted by atomic mass is 19.1. The number of rotatable bonds is 8. The Morgan fingerprint density at radius 1 is 0.766 bits per heavy atom. The molecule has 3 rings (SSSR count). The molecule has 0 spiro atoms. The normalized spacial score (nSPS) is 11.1. The Morgan fingerprint density at radius 2 is 1.30 bits per heavy atom. The molecule has 3 aromatic carbocycles. The van der Waals surface area contributed by atoms with E-state index >= 15 is 0 Å². The number of hydrogen-bond acceptors (Lipinski definition) is 9. The number of nitrogens with zero attached hydrogens (tertiary/aromatic N) is 1. The second-order valence-corrected chi connectivity index (χ2v) is 12.2. The number of carbonyl (C=O) groups is 4. The van der Waals surface area contributed by atoms with Gasteiger partial charge in [0.15, 0.2) is 0 Å². The summed E-state index contributed by atoms with van der Waals surface area (Å²) >= 11 is 0. The summed E-state index contributed by atoms with van der Waals surface area (Å²) in [6.45, 7) is 10.00. The van der Waals surface area contributed by atoms with Crippen LogP contribution in [0.2, 0.25) is 0 Å². The Labute approximate surface area is 271 Å². The van der Waals surface area contributed by atoms with Gasteiger partial charge in [0, 0.05) is 24.1 Å². The summed E-state index contributed by atoms with van der Waals surface area (Å²) in [6.07, 6.45) is -2.28. The van der Waals surface area contributed by atoms with E-state index in [2.05, 4.69) is 15.6 Å². The number of guanidine groups is 1. The van der Waals surface area contributed by atoms with Crippen molar-refractivity contribution in [3.05, 3.63) is 95.1 Å². The number of ether oxygens (including phenoxy) is 4. The summed E-state index contributed by atoms with van der Waals surface area (Å²) in [5.41, 5.74) is -1.01. The van der Waals surface area contributed by atoms with E-state index in [-0.39, 0.29) is 48.0 Å². The van der Waals surface area contributed by atoms with Crippen LogP contribution >= 0.6 is 0 Å². The van der Waals surface area contributed by atoms with Crippen molar-refractivity contribution in [3.63, 3.8) is 0 Å². The molecule has 47 heavy (non-hydrogen) atoms. The van der Waals surface area contributed by atoms with Gasteiger partial charge in [-0.25, -0.2) is 28.2 Å². The minimum Gasteiger partial charge on any atom is -0.461 e. The van der Waals surface area contributed by atoms with Crippen LogP contribution in [0.5, 0.6) is 5.75 Å². The molecule has 13 heteroatoms. The van der Waals surface area contributed by atoms with Gasteiger partial charge in [0.25, 0.3) is 0 Å². The number of aliphatic imine (C=N–C) groups is 1. The molecular weight excluding hydrogens is 616 g/mol. The Kier molecular flexibility index (Phi) is 12.1. The molecule has 0 unspecified atom stereocenters. The van der Waals surface area contributed by atoms with Gasteiger partial charge in [0.05, 0.1) is 11.3 Å². The SMILES string of the molecule is CC(C)(C)OC(=O)NC(=Nc1ccc(C(=O)Oc2cc(F)c(CCC(=O)OCc3ccccc3)c(F)c2)cc1)NC(=O)OC(C)(C)C. The zero-order valence-corrected chi connectivity index (χ0v) is 26.9. The Balaban J connectivity index is 1.65. The first kappa shape index (κ1) is 36.1. The van der Waals surface area contributed by atoms with Crippen LogP contribution in [0.1, 0.15) is 69.4 Å². The number of carbonyl (C=O) groups excluding carboxylic acids is 4. The van der Waals surface area contributed by atoms with E-state index in [4.69, 9.17) is 18.9 Å². The third-order valence-corrected chi connectivity index (χ3v) is 5.73. The lowest BCUT2D eigenvalue weighted by Crippen LogP contribution is -2.47. The van der Waals surface area contributed by atoms with Crippen LogP contribution in [0.4, 0.5) is 24.1 Å². The fraction of sp³-hybridized carbons (Fsp3) is 0.324. The summed E-state index contributed by atoms with van der Waals surface area (Å²) in [6, 6.07) is 16.1. The van der Waals surface area contributed by atoms with Crippen LogP contribution in [0, 0.1) is 11.6 Å². The van der Waals surface area contributed by atoms with Gasteiger partial charge in [-0.1, -0.05) is 30.3 Å². The minimum atomic E-state index is -0.990. The van der Waals surface area contributed by atoms with Crippen molar-refractivity contribution < 1.29 is 46.9 Å². The van der Waals surface area contributed by atoms with Crippen molar-refractivity contribution >= 4 is 35.8 Å². The number of amides is 2. The predicted octanol–water partition coefficient (Wildman–Crippen LogP) is 6.90. The highest BCUT2D eigenvalue weighted by Crippen LogP contribution is 2.24. The lowest BCUT2D eigenvalue weighted by molar-refractivity contribution is -0.144. The van der Waals surface area contributed by atoms with Gasteiger partial charge in [0.2, 0.25) is 5.96 Å². The zero-order valence-electron chi connectivity index (χ0n) is 26.9. The first-order chi connectivity index (χ1) is 22.0. The fourth-order valence-electron chi connectivity index (χ4n) is 3.77. The molecule has 0 aliphatic carbocycles. The molecule has 0 aliphatic rings. The molecule has 2 N–H and O–H groups in total. The van der Waals surface area contributed by atoms with Crippen LogP contribution in [-0.2, 0) is 32.0 Å². The molecule has 0 aliphatic heterocycles. The first-order valence-corrected chi connectivity index (χ1v) is 14.6. The first-order valence-electron chi connectivity index (χ1n) is 14.6. The molecule has 0 saturated carbocycles. The largest absolute Gasteiger partial charge is 0.461 e. The summed E-state index contributed by atoms with van der Waals surface area (Å²) in [5, 5.41) is 4.68. The summed E-state index contributed by atoms with van der Waals surface area (Å²) in [4.78, 5) is 53.6. The Morgan fingerprint density at radius 3 is 1.81 bits per heavy atom. The van der Waals surface area contributed by atoms with Crippen LogP contribution in [0.25, 0.3) is 0 Å². The van der Waals surface area contributed by atoms with E-state index in [1.54, 1.807) is 65.8 Å². The third kappa shape index (κ3) is 12.9. The van der Waals surface area contributed by atoms with E-state index in [0.29, 0.717) is 0 Å². The van der Waals surface area contributed by atoms with Gasteiger partial charge in [0.1, 0.15) is 35.2 Å². The maximum atomic E-state index is 14.7. The molecule has 2 amide bonds. The van der Waals surface area contributed by atoms with E-state index in [0.717, 1.165) is 17.7 Å². The van der Waals surface area contributed by atoms with E-state index in [9.17, 15) is 28.0 Å². The topological polar surface area (TPSA) is 142 Å². The van der Waals surface area contributed by atoms with Gasteiger partial charge in [-0.2, -0.15) is 0 Å². The van der Waals surface area contributed by atoms with Crippen LogP contribution in [0.3, 0.4) is 0 Å². The van der Waals surface area contributed by atoms with Gasteiger partial charge in [-0.15, -0.1) is 0 Å². The van der Waals surface area contributed by atoms with Gasteiger partial charge in [-0.05, 0) is 77.8 Å². The fourth-order valence-corrected chi connectivity index (χ4v) is 3.77. The molecule has 0 radical (unpaired) electrons. The van der Waals surface area contributed by atoms with Crippen molar-refractivity contribution in [2.24, 2.45) is 4.99 Å². The molecule has 0 atom stereocenters. The highest BCUT2D eigenvalue weighted by Gasteiger charge is 2.22. The average molecular weight is 654 g/mol. The number of alkyl carbamates (subject to hydrolysis) is 2.